The van der Waals surface area contributed by atoms with Crippen LogP contribution in [0.2, 0.25) is 0 Å². The Labute approximate surface area is 311 Å². The Morgan fingerprint density at radius 1 is 0.654 bits per heavy atom. The highest BCUT2D eigenvalue weighted by Crippen LogP contribution is 2.53. The van der Waals surface area contributed by atoms with Crippen LogP contribution >= 0.6 is 0 Å². The van der Waals surface area contributed by atoms with Crippen molar-refractivity contribution in [3.8, 4) is 0 Å². The molecule has 0 spiro atoms. The maximum atomic E-state index is 5.38. The van der Waals surface area contributed by atoms with Crippen molar-refractivity contribution >= 4 is 28.1 Å². The minimum atomic E-state index is 0.0881. The van der Waals surface area contributed by atoms with Crippen molar-refractivity contribution in [1.82, 2.24) is 0 Å². The van der Waals surface area contributed by atoms with Crippen LogP contribution in [-0.2, 0) is 5.41 Å². The van der Waals surface area contributed by atoms with Gasteiger partial charge in [0.15, 0.2) is 0 Å². The summed E-state index contributed by atoms with van der Waals surface area (Å²) in [6, 6.07) is 48.1. The van der Waals surface area contributed by atoms with Crippen LogP contribution in [-0.4, -0.2) is 5.71 Å². The molecule has 0 radical (unpaired) electrons. The van der Waals surface area contributed by atoms with Crippen molar-refractivity contribution in [3.05, 3.63) is 202 Å². The number of benzene rings is 5. The number of aliphatic imine (C=N–C) groups is 1. The topological polar surface area (TPSA) is 12.4 Å². The van der Waals surface area contributed by atoms with E-state index in [0.717, 1.165) is 40.1 Å². The van der Waals surface area contributed by atoms with Crippen LogP contribution in [0.25, 0.3) is 22.4 Å². The smallest absolute Gasteiger partial charge is 0.0790 e. The van der Waals surface area contributed by atoms with Gasteiger partial charge in [-0.15, -0.1) is 0 Å². The second-order valence-electron chi connectivity index (χ2n) is 16.6. The SMILES string of the molecule is C=C(N=C(/C(=C(\C)c1ccccc1)c1ccccc1)c1ccc(C2C3=C(CC(C(C)(C)C)C=C3)c3cc(C(C)(C)C)ccc32)cc1)c1ccccc1. The summed E-state index contributed by atoms with van der Waals surface area (Å²) < 4.78 is 0. The van der Waals surface area contributed by atoms with E-state index in [0.29, 0.717) is 5.92 Å². The molecule has 1 nitrogen and oxygen atoms in total. The lowest BCUT2D eigenvalue weighted by atomic mass is 9.73. The molecule has 260 valence electrons. The van der Waals surface area contributed by atoms with Crippen molar-refractivity contribution in [2.45, 2.75) is 66.2 Å². The molecule has 0 bridgehead atoms. The molecule has 2 aliphatic carbocycles. The maximum Gasteiger partial charge on any atom is 0.0790 e. The Hall–Kier alpha value is -5.27. The predicted octanol–water partition coefficient (Wildman–Crippen LogP) is 13.6. The van der Waals surface area contributed by atoms with E-state index >= 15 is 0 Å². The molecule has 0 heterocycles. The second kappa shape index (κ2) is 14.0. The van der Waals surface area contributed by atoms with E-state index in [1.54, 1.807) is 0 Å². The Bertz CT molecular complexity index is 2210. The molecule has 0 fully saturated rings. The van der Waals surface area contributed by atoms with E-state index in [1.165, 1.54) is 44.5 Å². The molecule has 2 aliphatic rings. The molecule has 0 N–H and O–H groups in total. The van der Waals surface area contributed by atoms with Crippen LogP contribution < -0.4 is 0 Å². The average Bonchev–Trinajstić information content (AvgIpc) is 3.48. The number of fused-ring (bicyclic) bond motifs is 2. The van der Waals surface area contributed by atoms with E-state index in [1.807, 2.05) is 18.2 Å². The molecule has 2 atom stereocenters. The number of hydrogen-bond donors (Lipinski definition) is 0. The Kier molecular flexibility index (Phi) is 9.49. The molecular weight excluding hydrogens is 627 g/mol. The van der Waals surface area contributed by atoms with Crippen molar-refractivity contribution in [2.24, 2.45) is 16.3 Å². The molecule has 0 saturated heterocycles. The summed E-state index contributed by atoms with van der Waals surface area (Å²) in [6.45, 7) is 20.7. The van der Waals surface area contributed by atoms with Gasteiger partial charge in [-0.1, -0.05) is 194 Å². The highest BCUT2D eigenvalue weighted by Gasteiger charge is 2.37. The number of nitrogens with zero attached hydrogens (tertiary/aromatic N) is 1. The van der Waals surface area contributed by atoms with Crippen LogP contribution in [0.1, 0.15) is 105 Å². The Morgan fingerprint density at radius 2 is 1.23 bits per heavy atom. The van der Waals surface area contributed by atoms with Crippen LogP contribution in [0.15, 0.2) is 163 Å². The van der Waals surface area contributed by atoms with Crippen molar-refractivity contribution in [3.63, 3.8) is 0 Å². The van der Waals surface area contributed by atoms with Gasteiger partial charge in [0.25, 0.3) is 0 Å². The van der Waals surface area contributed by atoms with Crippen molar-refractivity contribution in [1.29, 1.82) is 0 Å². The minimum absolute atomic E-state index is 0.0881. The average molecular weight is 678 g/mol. The van der Waals surface area contributed by atoms with Gasteiger partial charge in [0.05, 0.1) is 11.4 Å². The van der Waals surface area contributed by atoms with Crippen LogP contribution in [0.3, 0.4) is 0 Å². The van der Waals surface area contributed by atoms with Gasteiger partial charge in [-0.3, -0.25) is 0 Å². The van der Waals surface area contributed by atoms with Gasteiger partial charge in [-0.2, -0.15) is 0 Å². The lowest BCUT2D eigenvalue weighted by Gasteiger charge is -2.32. The van der Waals surface area contributed by atoms with E-state index in [-0.39, 0.29) is 16.7 Å². The fourth-order valence-corrected chi connectivity index (χ4v) is 7.82. The zero-order valence-corrected chi connectivity index (χ0v) is 31.9. The molecule has 0 amide bonds. The third-order valence-corrected chi connectivity index (χ3v) is 11.0. The van der Waals surface area contributed by atoms with Crippen LogP contribution in [0, 0.1) is 11.3 Å². The molecule has 7 rings (SSSR count). The summed E-state index contributed by atoms with van der Waals surface area (Å²) in [6.07, 6.45) is 5.99. The maximum absolute atomic E-state index is 5.38. The first-order valence-corrected chi connectivity index (χ1v) is 18.7. The molecule has 2 unspecified atom stereocenters. The minimum Gasteiger partial charge on any atom is -0.248 e. The molecule has 0 aliphatic heterocycles. The van der Waals surface area contributed by atoms with Gasteiger partial charge in [0.1, 0.15) is 0 Å². The van der Waals surface area contributed by atoms with E-state index < -0.39 is 0 Å². The summed E-state index contributed by atoms with van der Waals surface area (Å²) >= 11 is 0. The monoisotopic (exact) mass is 677 g/mol. The van der Waals surface area contributed by atoms with Crippen LogP contribution in [0.5, 0.6) is 0 Å². The standard InChI is InChI=1S/C51H51N/c1-34(36-18-12-9-13-19-36)47(38-22-16-11-17-23-38)49(52-35(2)37-20-14-10-15-21-37)40-26-24-39(25-27-40)48-43-30-28-41(50(3,4)5)32-45(43)46-33-42(51(6,7)8)29-31-44(46)48/h9-32,42,48H,2,33H2,1,3-8H3/b47-34+,52-49?. The summed E-state index contributed by atoms with van der Waals surface area (Å²) in [5.74, 6) is 0.700. The molecule has 1 heteroatoms. The van der Waals surface area contributed by atoms with E-state index in [9.17, 15) is 0 Å². The highest BCUT2D eigenvalue weighted by molar-refractivity contribution is 6.37. The molecular formula is C51H51N. The van der Waals surface area contributed by atoms with Gasteiger partial charge in [-0.25, -0.2) is 4.99 Å². The van der Waals surface area contributed by atoms with Gasteiger partial charge in [0, 0.05) is 17.1 Å². The van der Waals surface area contributed by atoms with Gasteiger partial charge < -0.3 is 0 Å². The van der Waals surface area contributed by atoms with Gasteiger partial charge in [0.2, 0.25) is 0 Å². The first-order chi connectivity index (χ1) is 24.9. The number of allylic oxidation sites excluding steroid dienone is 6. The predicted molar refractivity (Wildman–Crippen MR) is 224 cm³/mol. The number of hydrogen-bond acceptors (Lipinski definition) is 1. The fourth-order valence-electron chi connectivity index (χ4n) is 7.82. The lowest BCUT2D eigenvalue weighted by Crippen LogP contribution is -2.20. The molecule has 52 heavy (non-hydrogen) atoms. The largest absolute Gasteiger partial charge is 0.248 e. The summed E-state index contributed by atoms with van der Waals surface area (Å²) in [7, 11) is 0. The van der Waals surface area contributed by atoms with Crippen molar-refractivity contribution < 1.29 is 0 Å². The zero-order valence-electron chi connectivity index (χ0n) is 31.9. The van der Waals surface area contributed by atoms with E-state index in [2.05, 4.69) is 182 Å². The Morgan fingerprint density at radius 3 is 1.81 bits per heavy atom. The lowest BCUT2D eigenvalue weighted by molar-refractivity contribution is 0.296. The highest BCUT2D eigenvalue weighted by atomic mass is 14.8. The van der Waals surface area contributed by atoms with E-state index in [4.69, 9.17) is 4.99 Å². The normalized spacial score (nSPS) is 17.8. The third-order valence-electron chi connectivity index (χ3n) is 11.0. The summed E-state index contributed by atoms with van der Waals surface area (Å²) in [5, 5.41) is 0. The zero-order chi connectivity index (χ0) is 36.6. The van der Waals surface area contributed by atoms with Gasteiger partial charge in [-0.05, 0) is 85.8 Å². The summed E-state index contributed by atoms with van der Waals surface area (Å²) in [4.78, 5) is 5.38. The molecule has 5 aromatic carbocycles. The van der Waals surface area contributed by atoms with Crippen molar-refractivity contribution in [2.75, 3.05) is 0 Å². The first kappa shape index (κ1) is 35.1. The molecule has 5 aromatic rings. The van der Waals surface area contributed by atoms with Gasteiger partial charge >= 0.3 is 0 Å². The molecule has 0 aromatic heterocycles. The third kappa shape index (κ3) is 6.98. The van der Waals surface area contributed by atoms with Crippen LogP contribution in [0.4, 0.5) is 0 Å². The quantitative estimate of drug-likeness (QED) is 0.120. The number of rotatable bonds is 7. The second-order valence-corrected chi connectivity index (χ2v) is 16.6. The fraction of sp³-hybridized carbons (Fsp3) is 0.235. The molecule has 0 saturated carbocycles. The first-order valence-electron chi connectivity index (χ1n) is 18.7. The Balaban J connectivity index is 1.37. The summed E-state index contributed by atoms with van der Waals surface area (Å²) in [5.41, 5.74) is 17.1.